The molecule has 0 spiro atoms. The van der Waals surface area contributed by atoms with Crippen molar-refractivity contribution < 1.29 is 19.1 Å². The normalized spacial score (nSPS) is 11.6. The van der Waals surface area contributed by atoms with Crippen LogP contribution in [0.5, 0.6) is 11.5 Å². The SMILES string of the molecule is CCCCCCCCc1ccc(N=Nc2ccc(OC(=O)c3ccc(N=Cc4cccc(C=Nc5ccc(C(=O)Oc6ccc(N=Nc7ccc(CCCCCCCC)cc7)cc6)cc5)c4)cc3)cc2)cc1. The Kier molecular flexibility index (Phi) is 20.6. The summed E-state index contributed by atoms with van der Waals surface area (Å²) in [5.41, 5.74) is 9.46. The standard InChI is InChI=1S/C62H64N6O4/c1-3-5-7-9-11-13-16-47-20-28-55(29-21-47)65-67-57-36-40-59(41-37-57)71-61(69)51-24-32-53(33-25-51)63-45-49-18-15-19-50(44-49)46-64-54-34-26-52(27-35-54)62(70)72-60-42-38-58(39-43-60)68-66-56-30-22-48(23-31-56)17-14-12-10-8-6-4-2/h15,18-46H,3-14,16-17H2,1-2H3. The van der Waals surface area contributed by atoms with E-state index in [1.54, 1.807) is 109 Å². The van der Waals surface area contributed by atoms with Crippen LogP contribution in [0.15, 0.2) is 200 Å². The van der Waals surface area contributed by atoms with E-state index in [1.165, 1.54) is 88.2 Å². The topological polar surface area (TPSA) is 127 Å². The highest BCUT2D eigenvalue weighted by Crippen LogP contribution is 2.26. The molecule has 0 aliphatic heterocycles. The summed E-state index contributed by atoms with van der Waals surface area (Å²) in [4.78, 5) is 35.1. The molecule has 10 nitrogen and oxygen atoms in total. The van der Waals surface area contributed by atoms with Gasteiger partial charge in [-0.2, -0.15) is 20.5 Å². The first-order chi connectivity index (χ1) is 35.4. The number of carbonyl (C=O) groups is 2. The number of hydrogen-bond acceptors (Lipinski definition) is 10. The number of benzene rings is 7. The van der Waals surface area contributed by atoms with E-state index in [2.05, 4.69) is 68.6 Å². The molecule has 0 atom stereocenters. The van der Waals surface area contributed by atoms with Crippen LogP contribution in [0.4, 0.5) is 34.1 Å². The van der Waals surface area contributed by atoms with Crippen LogP contribution in [0.1, 0.15) is 134 Å². The molecule has 0 amide bonds. The smallest absolute Gasteiger partial charge is 0.343 e. The molecule has 0 radical (unpaired) electrons. The molecule has 0 aliphatic rings. The largest absolute Gasteiger partial charge is 0.423 e. The molecule has 72 heavy (non-hydrogen) atoms. The lowest BCUT2D eigenvalue weighted by Crippen LogP contribution is -2.07. The molecular formula is C62H64N6O4. The minimum absolute atomic E-state index is 0.404. The zero-order chi connectivity index (χ0) is 50.0. The summed E-state index contributed by atoms with van der Waals surface area (Å²) in [6.07, 6.45) is 21.1. The van der Waals surface area contributed by atoms with E-state index in [9.17, 15) is 9.59 Å². The van der Waals surface area contributed by atoms with E-state index in [0.29, 0.717) is 45.4 Å². The summed E-state index contributed by atoms with van der Waals surface area (Å²) >= 11 is 0. The van der Waals surface area contributed by atoms with Gasteiger partial charge in [0.15, 0.2) is 0 Å². The van der Waals surface area contributed by atoms with Crippen molar-refractivity contribution in [3.05, 3.63) is 203 Å². The predicted molar refractivity (Wildman–Crippen MR) is 292 cm³/mol. The van der Waals surface area contributed by atoms with Crippen molar-refractivity contribution in [3.8, 4) is 11.5 Å². The van der Waals surface area contributed by atoms with Crippen LogP contribution in [0.3, 0.4) is 0 Å². The lowest BCUT2D eigenvalue weighted by atomic mass is 10.0. The van der Waals surface area contributed by atoms with E-state index in [1.807, 2.05) is 48.5 Å². The van der Waals surface area contributed by atoms with Crippen LogP contribution in [-0.4, -0.2) is 24.4 Å². The van der Waals surface area contributed by atoms with Gasteiger partial charge in [-0.3, -0.25) is 9.98 Å². The van der Waals surface area contributed by atoms with E-state index >= 15 is 0 Å². The predicted octanol–water partition coefficient (Wildman–Crippen LogP) is 18.3. The van der Waals surface area contributed by atoms with Crippen LogP contribution in [0.25, 0.3) is 0 Å². The molecule has 0 aromatic heterocycles. The number of nitrogens with zero attached hydrogens (tertiary/aromatic N) is 6. The van der Waals surface area contributed by atoms with E-state index in [0.717, 1.165) is 35.3 Å². The Bertz CT molecular complexity index is 2680. The van der Waals surface area contributed by atoms with Gasteiger partial charge in [0.25, 0.3) is 0 Å². The maximum absolute atomic E-state index is 12.9. The van der Waals surface area contributed by atoms with Crippen LogP contribution in [-0.2, 0) is 12.8 Å². The average Bonchev–Trinajstić information content (AvgIpc) is 3.42. The first-order valence-electron chi connectivity index (χ1n) is 25.4. The number of rotatable bonds is 26. The van der Waals surface area contributed by atoms with Crippen molar-refractivity contribution in [2.24, 2.45) is 30.4 Å². The van der Waals surface area contributed by atoms with Gasteiger partial charge < -0.3 is 9.47 Å². The molecule has 7 rings (SSSR count). The highest BCUT2D eigenvalue weighted by molar-refractivity contribution is 5.93. The third-order valence-corrected chi connectivity index (χ3v) is 12.0. The number of aliphatic imine (C=N–C) groups is 2. The van der Waals surface area contributed by atoms with Crippen molar-refractivity contribution in [2.75, 3.05) is 0 Å². The van der Waals surface area contributed by atoms with Crippen molar-refractivity contribution in [1.29, 1.82) is 0 Å². The fraction of sp³-hybridized carbons (Fsp3) is 0.258. The van der Waals surface area contributed by atoms with Crippen LogP contribution < -0.4 is 9.47 Å². The fourth-order valence-electron chi connectivity index (χ4n) is 7.79. The van der Waals surface area contributed by atoms with Crippen LogP contribution in [0.2, 0.25) is 0 Å². The minimum Gasteiger partial charge on any atom is -0.423 e. The Morgan fingerprint density at radius 3 is 1.06 bits per heavy atom. The minimum atomic E-state index is -0.473. The molecule has 0 unspecified atom stereocenters. The molecule has 7 aromatic rings. The monoisotopic (exact) mass is 956 g/mol. The number of esters is 2. The second-order valence-corrected chi connectivity index (χ2v) is 17.8. The second kappa shape index (κ2) is 28.6. The maximum Gasteiger partial charge on any atom is 0.343 e. The molecule has 0 aliphatic carbocycles. The summed E-state index contributed by atoms with van der Waals surface area (Å²) in [6, 6.07) is 52.0. The van der Waals surface area contributed by atoms with Crippen molar-refractivity contribution in [3.63, 3.8) is 0 Å². The summed E-state index contributed by atoms with van der Waals surface area (Å²) in [5.74, 6) is -0.123. The summed E-state index contributed by atoms with van der Waals surface area (Å²) < 4.78 is 11.2. The second-order valence-electron chi connectivity index (χ2n) is 17.8. The first kappa shape index (κ1) is 51.9. The summed E-state index contributed by atoms with van der Waals surface area (Å²) in [7, 11) is 0. The lowest BCUT2D eigenvalue weighted by Gasteiger charge is -2.05. The molecule has 0 bridgehead atoms. The summed E-state index contributed by atoms with van der Waals surface area (Å²) in [6.45, 7) is 4.49. The maximum atomic E-state index is 12.9. The van der Waals surface area contributed by atoms with Gasteiger partial charge in [-0.1, -0.05) is 121 Å². The van der Waals surface area contributed by atoms with Gasteiger partial charge in [-0.25, -0.2) is 9.59 Å². The zero-order valence-electron chi connectivity index (χ0n) is 41.5. The van der Waals surface area contributed by atoms with Crippen LogP contribution in [0, 0.1) is 0 Å². The Morgan fingerprint density at radius 2 is 0.694 bits per heavy atom. The van der Waals surface area contributed by atoms with Crippen molar-refractivity contribution in [2.45, 2.75) is 104 Å². The first-order valence-corrected chi connectivity index (χ1v) is 25.4. The summed E-state index contributed by atoms with van der Waals surface area (Å²) in [5, 5.41) is 17.4. The molecule has 7 aromatic carbocycles. The number of ether oxygens (including phenoxy) is 2. The van der Waals surface area contributed by atoms with Gasteiger partial charge in [0.05, 0.1) is 45.3 Å². The van der Waals surface area contributed by atoms with Crippen molar-refractivity contribution >= 4 is 58.5 Å². The van der Waals surface area contributed by atoms with E-state index in [4.69, 9.17) is 9.47 Å². The Balaban J connectivity index is 0.820. The Hall–Kier alpha value is -7.98. The Labute approximate surface area is 424 Å². The molecule has 0 saturated heterocycles. The molecule has 10 heteroatoms. The van der Waals surface area contributed by atoms with Crippen molar-refractivity contribution in [1.82, 2.24) is 0 Å². The molecular weight excluding hydrogens is 893 g/mol. The third-order valence-electron chi connectivity index (χ3n) is 12.0. The molecule has 366 valence electrons. The van der Waals surface area contributed by atoms with Gasteiger partial charge >= 0.3 is 11.9 Å². The van der Waals surface area contributed by atoms with Gasteiger partial charge in [0.1, 0.15) is 11.5 Å². The zero-order valence-corrected chi connectivity index (χ0v) is 41.5. The average molecular weight is 957 g/mol. The lowest BCUT2D eigenvalue weighted by molar-refractivity contribution is 0.0725. The quantitative estimate of drug-likeness (QED) is 0.0176. The number of unbranched alkanes of at least 4 members (excludes halogenated alkanes) is 10. The Morgan fingerprint density at radius 1 is 0.375 bits per heavy atom. The van der Waals surface area contributed by atoms with E-state index < -0.39 is 11.9 Å². The molecule has 0 saturated carbocycles. The van der Waals surface area contributed by atoms with Gasteiger partial charge in [-0.15, -0.1) is 0 Å². The molecule has 0 fully saturated rings. The molecule has 0 heterocycles. The molecule has 0 N–H and O–H groups in total. The van der Waals surface area contributed by atoms with Crippen LogP contribution >= 0.6 is 0 Å². The van der Waals surface area contributed by atoms with E-state index in [-0.39, 0.29) is 0 Å². The number of carbonyl (C=O) groups excluding carboxylic acids is 2. The number of aryl methyl sites for hydroxylation is 2. The van der Waals surface area contributed by atoms with Gasteiger partial charge in [-0.05, 0) is 175 Å². The van der Waals surface area contributed by atoms with Gasteiger partial charge in [0, 0.05) is 12.4 Å². The van der Waals surface area contributed by atoms with Gasteiger partial charge in [0.2, 0.25) is 0 Å². The number of azo groups is 2. The third kappa shape index (κ3) is 17.8. The number of hydrogen-bond donors (Lipinski definition) is 0. The highest BCUT2D eigenvalue weighted by Gasteiger charge is 2.11. The fourth-order valence-corrected chi connectivity index (χ4v) is 7.79. The highest BCUT2D eigenvalue weighted by atomic mass is 16.5.